The summed E-state index contributed by atoms with van der Waals surface area (Å²) in [6.45, 7) is 4.54. The molecule has 0 radical (unpaired) electrons. The highest BCUT2D eigenvalue weighted by atomic mass is 35.5. The highest BCUT2D eigenvalue weighted by molar-refractivity contribution is 7.20. The van der Waals surface area contributed by atoms with Crippen LogP contribution in [0.2, 0.25) is 8.67 Å². The molecule has 1 aliphatic rings. The maximum Gasteiger partial charge on any atom is 0.0991 e. The zero-order valence-electron chi connectivity index (χ0n) is 10.8. The summed E-state index contributed by atoms with van der Waals surface area (Å²) in [6, 6.07) is 1.95. The third kappa shape index (κ3) is 3.00. The fraction of sp³-hybridized carbons (Fsp3) is 0.714. The van der Waals surface area contributed by atoms with E-state index < -0.39 is 0 Å². The number of thiophene rings is 1. The summed E-state index contributed by atoms with van der Waals surface area (Å²) in [7, 11) is 0. The molecule has 4 heteroatoms. The highest BCUT2D eigenvalue weighted by Gasteiger charge is 2.42. The predicted octanol–water partition coefficient (Wildman–Crippen LogP) is 6.94. The molecule has 102 valence electrons. The van der Waals surface area contributed by atoms with Crippen LogP contribution in [-0.2, 0) is 0 Å². The molecule has 0 aromatic carbocycles. The molecule has 0 N–H and O–H groups in total. The lowest BCUT2D eigenvalue weighted by Gasteiger charge is -2.35. The van der Waals surface area contributed by atoms with Crippen molar-refractivity contribution in [1.29, 1.82) is 0 Å². The number of halogens is 3. The van der Waals surface area contributed by atoms with Gasteiger partial charge in [-0.1, -0.05) is 49.9 Å². The predicted molar refractivity (Wildman–Crippen MR) is 83.3 cm³/mol. The molecule has 0 spiro atoms. The molecule has 0 bridgehead atoms. The molecule has 1 heterocycles. The van der Waals surface area contributed by atoms with Crippen molar-refractivity contribution in [3.8, 4) is 0 Å². The van der Waals surface area contributed by atoms with Crippen LogP contribution in [0.3, 0.4) is 0 Å². The van der Waals surface area contributed by atoms with Crippen LogP contribution in [0.1, 0.15) is 56.9 Å². The summed E-state index contributed by atoms with van der Waals surface area (Å²) < 4.78 is 1.49. The van der Waals surface area contributed by atoms with Crippen LogP contribution in [0, 0.1) is 11.3 Å². The van der Waals surface area contributed by atoms with Crippen LogP contribution in [0.15, 0.2) is 6.07 Å². The minimum absolute atomic E-state index is 0.00125. The van der Waals surface area contributed by atoms with Crippen molar-refractivity contribution in [2.45, 2.75) is 51.3 Å². The Bertz CT molecular complexity index is 405. The van der Waals surface area contributed by atoms with Crippen LogP contribution in [-0.4, -0.2) is 0 Å². The number of hydrogen-bond donors (Lipinski definition) is 0. The topological polar surface area (TPSA) is 0 Å². The van der Waals surface area contributed by atoms with Gasteiger partial charge in [-0.2, -0.15) is 0 Å². The van der Waals surface area contributed by atoms with Gasteiger partial charge in [0, 0.05) is 5.56 Å². The second kappa shape index (κ2) is 5.91. The Kier molecular flexibility index (Phi) is 4.91. The minimum atomic E-state index is -0.00125. The lowest BCUT2D eigenvalue weighted by atomic mass is 9.74. The average Bonchev–Trinajstić information content (AvgIpc) is 2.84. The van der Waals surface area contributed by atoms with Gasteiger partial charge in [-0.25, -0.2) is 0 Å². The monoisotopic (exact) mass is 324 g/mol. The van der Waals surface area contributed by atoms with E-state index in [1.807, 2.05) is 6.07 Å². The van der Waals surface area contributed by atoms with Gasteiger partial charge < -0.3 is 0 Å². The summed E-state index contributed by atoms with van der Waals surface area (Å²) in [5.41, 5.74) is 1.25. The zero-order valence-corrected chi connectivity index (χ0v) is 13.9. The van der Waals surface area contributed by atoms with Gasteiger partial charge in [0.05, 0.1) is 14.0 Å². The Labute approximate surface area is 129 Å². The van der Waals surface area contributed by atoms with Crippen molar-refractivity contribution in [2.75, 3.05) is 0 Å². The first kappa shape index (κ1) is 15.0. The normalized spacial score (nSPS) is 20.6. The number of alkyl halides is 1. The first-order chi connectivity index (χ1) is 8.44. The largest absolute Gasteiger partial charge is 0.117 e. The van der Waals surface area contributed by atoms with E-state index in [-0.39, 0.29) is 10.8 Å². The summed E-state index contributed by atoms with van der Waals surface area (Å²) in [4.78, 5) is 0. The minimum Gasteiger partial charge on any atom is -0.117 e. The third-order valence-corrected chi connectivity index (χ3v) is 6.12. The molecule has 0 saturated heterocycles. The Morgan fingerprint density at radius 2 is 1.89 bits per heavy atom. The quantitative estimate of drug-likeness (QED) is 0.526. The van der Waals surface area contributed by atoms with Gasteiger partial charge in [-0.05, 0) is 36.7 Å². The van der Waals surface area contributed by atoms with Crippen molar-refractivity contribution in [2.24, 2.45) is 11.3 Å². The van der Waals surface area contributed by atoms with Crippen molar-refractivity contribution in [3.05, 3.63) is 20.3 Å². The van der Waals surface area contributed by atoms with E-state index in [9.17, 15) is 0 Å². The SMILES string of the molecule is CC(C)CC1(C(Cl)c2cc(Cl)sc2Cl)CCCC1. The molecule has 1 atom stereocenters. The van der Waals surface area contributed by atoms with E-state index in [4.69, 9.17) is 34.8 Å². The van der Waals surface area contributed by atoms with Crippen LogP contribution < -0.4 is 0 Å². The van der Waals surface area contributed by atoms with E-state index in [2.05, 4.69) is 13.8 Å². The van der Waals surface area contributed by atoms with Crippen LogP contribution >= 0.6 is 46.1 Å². The molecule has 0 nitrogen and oxygen atoms in total. The van der Waals surface area contributed by atoms with Gasteiger partial charge in [0.25, 0.3) is 0 Å². The van der Waals surface area contributed by atoms with E-state index in [0.29, 0.717) is 5.92 Å². The Morgan fingerprint density at radius 3 is 2.33 bits per heavy atom. The Hall–Kier alpha value is 0.570. The standard InChI is InChI=1S/C14H19Cl3S/c1-9(2)8-14(5-3-4-6-14)12(16)10-7-11(15)18-13(10)17/h7,9,12H,3-6,8H2,1-2H3. The van der Waals surface area contributed by atoms with Crippen molar-refractivity contribution < 1.29 is 0 Å². The van der Waals surface area contributed by atoms with Crippen LogP contribution in [0.4, 0.5) is 0 Å². The fourth-order valence-corrected chi connectivity index (χ4v) is 5.44. The third-order valence-electron chi connectivity index (χ3n) is 3.91. The summed E-state index contributed by atoms with van der Waals surface area (Å²) in [6.07, 6.45) is 6.16. The molecular weight excluding hydrogens is 307 g/mol. The second-order valence-corrected chi connectivity index (χ2v) is 8.53. The molecule has 1 aromatic rings. The summed E-state index contributed by atoms with van der Waals surface area (Å²) in [5.74, 6) is 0.664. The highest BCUT2D eigenvalue weighted by Crippen LogP contribution is 2.56. The zero-order chi connectivity index (χ0) is 13.3. The maximum absolute atomic E-state index is 6.80. The smallest absolute Gasteiger partial charge is 0.0991 e. The Morgan fingerprint density at radius 1 is 1.28 bits per heavy atom. The molecule has 1 aliphatic carbocycles. The molecule has 1 unspecified atom stereocenters. The molecule has 1 saturated carbocycles. The van der Waals surface area contributed by atoms with Crippen molar-refractivity contribution in [1.82, 2.24) is 0 Å². The van der Waals surface area contributed by atoms with Gasteiger partial charge in [-0.15, -0.1) is 22.9 Å². The summed E-state index contributed by atoms with van der Waals surface area (Å²) in [5, 5.41) is -0.00125. The van der Waals surface area contributed by atoms with E-state index in [0.717, 1.165) is 14.2 Å². The average molecular weight is 326 g/mol. The van der Waals surface area contributed by atoms with Gasteiger partial charge in [0.1, 0.15) is 0 Å². The molecule has 2 rings (SSSR count). The van der Waals surface area contributed by atoms with Crippen molar-refractivity contribution in [3.63, 3.8) is 0 Å². The molecule has 0 aliphatic heterocycles. The first-order valence-corrected chi connectivity index (χ1v) is 8.54. The summed E-state index contributed by atoms with van der Waals surface area (Å²) >= 11 is 20.5. The van der Waals surface area contributed by atoms with Crippen LogP contribution in [0.25, 0.3) is 0 Å². The molecule has 1 fully saturated rings. The van der Waals surface area contributed by atoms with Crippen LogP contribution in [0.5, 0.6) is 0 Å². The van der Waals surface area contributed by atoms with E-state index >= 15 is 0 Å². The van der Waals surface area contributed by atoms with E-state index in [1.165, 1.54) is 43.4 Å². The fourth-order valence-electron chi connectivity index (χ4n) is 3.31. The maximum atomic E-state index is 6.80. The lowest BCUT2D eigenvalue weighted by Crippen LogP contribution is -2.24. The Balaban J connectivity index is 2.28. The van der Waals surface area contributed by atoms with E-state index in [1.54, 1.807) is 0 Å². The van der Waals surface area contributed by atoms with Gasteiger partial charge >= 0.3 is 0 Å². The molecule has 0 amide bonds. The number of hydrogen-bond acceptors (Lipinski definition) is 1. The van der Waals surface area contributed by atoms with Crippen molar-refractivity contribution >= 4 is 46.1 Å². The molecule has 18 heavy (non-hydrogen) atoms. The number of rotatable bonds is 4. The molecule has 1 aromatic heterocycles. The molecular formula is C14H19Cl3S. The van der Waals surface area contributed by atoms with Gasteiger partial charge in [0.2, 0.25) is 0 Å². The van der Waals surface area contributed by atoms with Gasteiger partial charge in [0.15, 0.2) is 0 Å². The van der Waals surface area contributed by atoms with Gasteiger partial charge in [-0.3, -0.25) is 0 Å². The lowest BCUT2D eigenvalue weighted by molar-refractivity contribution is 0.223. The first-order valence-electron chi connectivity index (χ1n) is 6.53. The second-order valence-electron chi connectivity index (χ2n) is 5.81.